The van der Waals surface area contributed by atoms with Crippen LogP contribution in [0.4, 0.5) is 0 Å². The molecule has 3 aromatic carbocycles. The van der Waals surface area contributed by atoms with Crippen LogP contribution < -0.4 is 0 Å². The van der Waals surface area contributed by atoms with E-state index in [1.54, 1.807) is 0 Å². The lowest BCUT2D eigenvalue weighted by Gasteiger charge is -2.36. The normalized spacial score (nSPS) is 18.4. The molecule has 1 aliphatic carbocycles. The summed E-state index contributed by atoms with van der Waals surface area (Å²) in [5.74, 6) is 0. The molecule has 1 atom stereocenters. The molecule has 0 saturated carbocycles. The molecule has 1 heterocycles. The Labute approximate surface area is 169 Å². The second-order valence-electron chi connectivity index (χ2n) is 8.57. The number of nitrogens with zero attached hydrogens (tertiary/aromatic N) is 1. The van der Waals surface area contributed by atoms with E-state index in [1.807, 2.05) is 24.3 Å². The summed E-state index contributed by atoms with van der Waals surface area (Å²) in [7, 11) is 0. The van der Waals surface area contributed by atoms with E-state index in [-0.39, 0.29) is 5.41 Å². The smallest absolute Gasteiger partial charge is 0.0819 e. The molecule has 0 aliphatic heterocycles. The van der Waals surface area contributed by atoms with Gasteiger partial charge in [0.05, 0.1) is 11.6 Å². The standard InChI is InChI=1S/C25H22ClNO/c1-25(2)13-20-23(21(28)14-25)22(17-9-5-6-10-19(17)26)18-12-11-15-7-3-4-8-16(15)24(18)27-20/h3-12,21,28H,13-14H2,1-2H3. The van der Waals surface area contributed by atoms with Crippen LogP contribution in [-0.4, -0.2) is 10.1 Å². The quantitative estimate of drug-likeness (QED) is 0.368. The Hall–Kier alpha value is -2.42. The maximum atomic E-state index is 11.1. The van der Waals surface area contributed by atoms with Gasteiger partial charge in [-0.3, -0.25) is 4.98 Å². The summed E-state index contributed by atoms with van der Waals surface area (Å²) in [6.07, 6.45) is 1.02. The molecule has 1 N–H and O–H groups in total. The molecule has 0 radical (unpaired) electrons. The molecule has 0 bridgehead atoms. The monoisotopic (exact) mass is 387 g/mol. The van der Waals surface area contributed by atoms with E-state index in [0.717, 1.165) is 51.5 Å². The molecule has 1 unspecified atom stereocenters. The van der Waals surface area contributed by atoms with Crippen molar-refractivity contribution in [3.05, 3.63) is 76.9 Å². The lowest BCUT2D eigenvalue weighted by atomic mass is 9.72. The van der Waals surface area contributed by atoms with E-state index < -0.39 is 6.10 Å². The SMILES string of the molecule is CC1(C)Cc2nc3c(ccc4ccccc43)c(-c3ccccc3Cl)c2C(O)C1. The molecular formula is C25H22ClNO. The molecule has 5 rings (SSSR count). The van der Waals surface area contributed by atoms with Crippen molar-refractivity contribution in [3.8, 4) is 11.1 Å². The van der Waals surface area contributed by atoms with E-state index in [1.165, 1.54) is 5.39 Å². The van der Waals surface area contributed by atoms with Gasteiger partial charge in [-0.1, -0.05) is 80.0 Å². The Kier molecular flexibility index (Phi) is 3.97. The Morgan fingerprint density at radius 1 is 0.964 bits per heavy atom. The van der Waals surface area contributed by atoms with Gasteiger partial charge in [-0.05, 0) is 29.7 Å². The molecule has 0 fully saturated rings. The maximum absolute atomic E-state index is 11.1. The van der Waals surface area contributed by atoms with Gasteiger partial charge in [0.15, 0.2) is 0 Å². The fourth-order valence-corrected chi connectivity index (χ4v) is 4.89. The molecule has 1 aliphatic rings. The number of aromatic nitrogens is 1. The first-order valence-electron chi connectivity index (χ1n) is 9.72. The third-order valence-electron chi connectivity index (χ3n) is 5.87. The van der Waals surface area contributed by atoms with Crippen LogP contribution in [0.2, 0.25) is 5.02 Å². The molecule has 0 amide bonds. The highest BCUT2D eigenvalue weighted by molar-refractivity contribution is 6.34. The van der Waals surface area contributed by atoms with Crippen molar-refractivity contribution in [2.24, 2.45) is 5.41 Å². The molecule has 28 heavy (non-hydrogen) atoms. The number of halogens is 1. The zero-order chi connectivity index (χ0) is 19.5. The van der Waals surface area contributed by atoms with Crippen molar-refractivity contribution in [3.63, 3.8) is 0 Å². The van der Waals surface area contributed by atoms with E-state index >= 15 is 0 Å². The fourth-order valence-electron chi connectivity index (χ4n) is 4.66. The minimum absolute atomic E-state index is 0.00935. The van der Waals surface area contributed by atoms with Crippen LogP contribution in [-0.2, 0) is 6.42 Å². The summed E-state index contributed by atoms with van der Waals surface area (Å²) in [5.41, 5.74) is 4.91. The number of rotatable bonds is 1. The number of hydrogen-bond acceptors (Lipinski definition) is 2. The van der Waals surface area contributed by atoms with Gasteiger partial charge in [-0.2, -0.15) is 0 Å². The minimum atomic E-state index is -0.548. The van der Waals surface area contributed by atoms with Crippen molar-refractivity contribution in [1.82, 2.24) is 4.98 Å². The largest absolute Gasteiger partial charge is 0.388 e. The Balaban J connectivity index is 1.97. The van der Waals surface area contributed by atoms with Crippen molar-refractivity contribution >= 4 is 33.3 Å². The van der Waals surface area contributed by atoms with E-state index in [4.69, 9.17) is 16.6 Å². The summed E-state index contributed by atoms with van der Waals surface area (Å²) >= 11 is 6.62. The van der Waals surface area contributed by atoms with Gasteiger partial charge in [0.25, 0.3) is 0 Å². The summed E-state index contributed by atoms with van der Waals surface area (Å²) in [4.78, 5) is 5.10. The molecule has 3 heteroatoms. The predicted molar refractivity (Wildman–Crippen MR) is 117 cm³/mol. The molecule has 0 saturated heterocycles. The number of fused-ring (bicyclic) bond motifs is 4. The average molecular weight is 388 g/mol. The van der Waals surface area contributed by atoms with Crippen LogP contribution in [0.5, 0.6) is 0 Å². The van der Waals surface area contributed by atoms with Gasteiger partial charge >= 0.3 is 0 Å². The van der Waals surface area contributed by atoms with Gasteiger partial charge in [0.1, 0.15) is 0 Å². The number of hydrogen-bond donors (Lipinski definition) is 1. The van der Waals surface area contributed by atoms with Crippen LogP contribution in [0.15, 0.2) is 60.7 Å². The lowest BCUT2D eigenvalue weighted by molar-refractivity contribution is 0.0990. The second-order valence-corrected chi connectivity index (χ2v) is 8.98. The van der Waals surface area contributed by atoms with Gasteiger partial charge in [0, 0.05) is 38.2 Å². The third-order valence-corrected chi connectivity index (χ3v) is 6.19. The summed E-state index contributed by atoms with van der Waals surface area (Å²) in [6, 6.07) is 20.5. The predicted octanol–water partition coefficient (Wildman–Crippen LogP) is 6.71. The highest BCUT2D eigenvalue weighted by Crippen LogP contribution is 2.48. The summed E-state index contributed by atoms with van der Waals surface area (Å²) < 4.78 is 0. The molecular weight excluding hydrogens is 366 g/mol. The zero-order valence-corrected chi connectivity index (χ0v) is 16.8. The molecule has 4 aromatic rings. The molecule has 1 aromatic heterocycles. The fraction of sp³-hybridized carbons (Fsp3) is 0.240. The first kappa shape index (κ1) is 17.7. The topological polar surface area (TPSA) is 33.1 Å². The van der Waals surface area contributed by atoms with Gasteiger partial charge in [-0.15, -0.1) is 0 Å². The summed E-state index contributed by atoms with van der Waals surface area (Å²) in [5, 5.41) is 15.2. The molecule has 0 spiro atoms. The lowest BCUT2D eigenvalue weighted by Crippen LogP contribution is -2.27. The van der Waals surface area contributed by atoms with E-state index in [9.17, 15) is 5.11 Å². The van der Waals surface area contributed by atoms with Crippen LogP contribution in [0.25, 0.3) is 32.8 Å². The first-order valence-corrected chi connectivity index (χ1v) is 10.1. The minimum Gasteiger partial charge on any atom is -0.388 e. The third kappa shape index (κ3) is 2.71. The van der Waals surface area contributed by atoms with Gasteiger partial charge < -0.3 is 5.11 Å². The maximum Gasteiger partial charge on any atom is 0.0819 e. The number of aliphatic hydroxyl groups excluding tert-OH is 1. The van der Waals surface area contributed by atoms with Crippen molar-refractivity contribution < 1.29 is 5.11 Å². The van der Waals surface area contributed by atoms with Crippen molar-refractivity contribution in [2.75, 3.05) is 0 Å². The van der Waals surface area contributed by atoms with Crippen molar-refractivity contribution in [1.29, 1.82) is 0 Å². The van der Waals surface area contributed by atoms with Crippen LogP contribution in [0, 0.1) is 5.41 Å². The second kappa shape index (κ2) is 6.30. The van der Waals surface area contributed by atoms with Gasteiger partial charge in [-0.25, -0.2) is 0 Å². The van der Waals surface area contributed by atoms with E-state index in [0.29, 0.717) is 5.02 Å². The highest BCUT2D eigenvalue weighted by Gasteiger charge is 2.35. The number of aliphatic hydroxyl groups is 1. The summed E-state index contributed by atoms with van der Waals surface area (Å²) in [6.45, 7) is 4.40. The number of pyridine rings is 1. The molecule has 140 valence electrons. The molecule has 2 nitrogen and oxygen atoms in total. The first-order chi connectivity index (χ1) is 13.4. The average Bonchev–Trinajstić information content (AvgIpc) is 2.66. The zero-order valence-electron chi connectivity index (χ0n) is 16.0. The van der Waals surface area contributed by atoms with Gasteiger partial charge in [0.2, 0.25) is 0 Å². The Morgan fingerprint density at radius 2 is 1.71 bits per heavy atom. The van der Waals surface area contributed by atoms with Crippen LogP contribution in [0.1, 0.15) is 37.6 Å². The van der Waals surface area contributed by atoms with Crippen LogP contribution >= 0.6 is 11.6 Å². The van der Waals surface area contributed by atoms with Crippen LogP contribution in [0.3, 0.4) is 0 Å². The van der Waals surface area contributed by atoms with E-state index in [2.05, 4.69) is 50.2 Å². The highest BCUT2D eigenvalue weighted by atomic mass is 35.5. The Bertz CT molecular complexity index is 1230. The van der Waals surface area contributed by atoms with Crippen molar-refractivity contribution in [2.45, 2.75) is 32.8 Å². The number of benzene rings is 3. The Morgan fingerprint density at radius 3 is 2.54 bits per heavy atom.